The molecule has 0 fully saturated rings. The Hall–Kier alpha value is -2.56. The molecular weight excluding hydrogens is 360 g/mol. The molecule has 0 unspecified atom stereocenters. The van der Waals surface area contributed by atoms with Gasteiger partial charge in [0, 0.05) is 38.4 Å². The summed E-state index contributed by atoms with van der Waals surface area (Å²) in [5, 5.41) is 6.73. The van der Waals surface area contributed by atoms with E-state index in [1.165, 1.54) is 11.1 Å². The molecule has 2 rings (SSSR count). The lowest BCUT2D eigenvalue weighted by Gasteiger charge is -2.13. The number of pyridine rings is 1. The summed E-state index contributed by atoms with van der Waals surface area (Å²) in [4.78, 5) is 16.2. The van der Waals surface area contributed by atoms with E-state index in [0.29, 0.717) is 5.92 Å². The highest BCUT2D eigenvalue weighted by molar-refractivity contribution is 5.79. The van der Waals surface area contributed by atoms with Crippen molar-refractivity contribution in [2.24, 2.45) is 4.99 Å². The first kappa shape index (κ1) is 22.7. The zero-order chi connectivity index (χ0) is 21.1. The third-order valence-electron chi connectivity index (χ3n) is 5.17. The summed E-state index contributed by atoms with van der Waals surface area (Å²) in [5.74, 6) is 1.42. The molecule has 0 saturated heterocycles. The highest BCUT2D eigenvalue weighted by atomic mass is 16.1. The van der Waals surface area contributed by atoms with Crippen molar-refractivity contribution in [3.8, 4) is 0 Å². The molecule has 158 valence electrons. The number of hydrogen-bond acceptors (Lipinski definition) is 2. The van der Waals surface area contributed by atoms with Gasteiger partial charge in [-0.15, -0.1) is 0 Å². The summed E-state index contributed by atoms with van der Waals surface area (Å²) in [5.41, 5.74) is 3.87. The summed E-state index contributed by atoms with van der Waals surface area (Å²) in [6, 6.07) is 14.4. The number of nitrogens with one attached hydrogen (secondary N) is 2. The Morgan fingerprint density at radius 2 is 1.69 bits per heavy atom. The Kier molecular flexibility index (Phi) is 9.48. The first-order valence-corrected chi connectivity index (χ1v) is 10.7. The standard InChI is InChI=1S/C24H36N4O/c1-19(2)22-14-12-21(13-15-22)10-8-17-27-24(25-4)26-16-5-6-18-28-20(3)9-7-11-23(28)29/h7,9,11-15,19H,5-6,8,10,16-18H2,1-4H3,(H2,25,26,27). The third-order valence-corrected chi connectivity index (χ3v) is 5.17. The quantitative estimate of drug-likeness (QED) is 0.364. The van der Waals surface area contributed by atoms with Crippen LogP contribution in [0.15, 0.2) is 52.3 Å². The zero-order valence-corrected chi connectivity index (χ0v) is 18.4. The van der Waals surface area contributed by atoms with Crippen molar-refractivity contribution < 1.29 is 0 Å². The Balaban J connectivity index is 1.61. The minimum Gasteiger partial charge on any atom is -0.356 e. The molecule has 0 aliphatic rings. The predicted octanol–water partition coefficient (Wildman–Crippen LogP) is 3.86. The fraction of sp³-hybridized carbons (Fsp3) is 0.500. The number of aromatic nitrogens is 1. The van der Waals surface area contributed by atoms with E-state index in [-0.39, 0.29) is 5.56 Å². The van der Waals surface area contributed by atoms with Crippen molar-refractivity contribution in [2.75, 3.05) is 20.1 Å². The molecule has 1 aromatic carbocycles. The van der Waals surface area contributed by atoms with Crippen LogP contribution >= 0.6 is 0 Å². The van der Waals surface area contributed by atoms with Gasteiger partial charge in [0.05, 0.1) is 0 Å². The van der Waals surface area contributed by atoms with Crippen LogP contribution in [0.4, 0.5) is 0 Å². The number of benzene rings is 1. The van der Waals surface area contributed by atoms with Crippen molar-refractivity contribution in [1.82, 2.24) is 15.2 Å². The molecule has 0 saturated carbocycles. The number of unbranched alkanes of at least 4 members (excludes halogenated alkanes) is 1. The van der Waals surface area contributed by atoms with Crippen LogP contribution in [0.1, 0.15) is 55.8 Å². The average Bonchev–Trinajstić information content (AvgIpc) is 2.71. The highest BCUT2D eigenvalue weighted by Crippen LogP contribution is 2.15. The summed E-state index contributed by atoms with van der Waals surface area (Å²) in [6.45, 7) is 8.92. The summed E-state index contributed by atoms with van der Waals surface area (Å²) in [7, 11) is 1.80. The molecule has 1 heterocycles. The normalized spacial score (nSPS) is 11.7. The smallest absolute Gasteiger partial charge is 0.250 e. The van der Waals surface area contributed by atoms with Gasteiger partial charge in [-0.05, 0) is 55.7 Å². The second kappa shape index (κ2) is 12.1. The lowest BCUT2D eigenvalue weighted by Crippen LogP contribution is -2.38. The van der Waals surface area contributed by atoms with E-state index in [9.17, 15) is 4.79 Å². The Morgan fingerprint density at radius 1 is 1.00 bits per heavy atom. The van der Waals surface area contributed by atoms with E-state index in [0.717, 1.165) is 57.0 Å². The molecule has 0 spiro atoms. The number of hydrogen-bond donors (Lipinski definition) is 2. The van der Waals surface area contributed by atoms with Crippen molar-refractivity contribution >= 4 is 5.96 Å². The van der Waals surface area contributed by atoms with Crippen LogP contribution in [-0.4, -0.2) is 30.7 Å². The minimum absolute atomic E-state index is 0.0780. The number of aryl methyl sites for hydroxylation is 2. The number of guanidine groups is 1. The number of aliphatic imine (C=N–C) groups is 1. The Bertz CT molecular complexity index is 822. The van der Waals surface area contributed by atoms with Crippen LogP contribution in [0.3, 0.4) is 0 Å². The van der Waals surface area contributed by atoms with Crippen molar-refractivity contribution in [1.29, 1.82) is 0 Å². The van der Waals surface area contributed by atoms with Crippen LogP contribution in [0, 0.1) is 6.92 Å². The molecule has 1 aromatic heterocycles. The van der Waals surface area contributed by atoms with Gasteiger partial charge in [-0.3, -0.25) is 9.79 Å². The predicted molar refractivity (Wildman–Crippen MR) is 123 cm³/mol. The average molecular weight is 397 g/mol. The van der Waals surface area contributed by atoms with Crippen molar-refractivity contribution in [3.05, 3.63) is 69.6 Å². The van der Waals surface area contributed by atoms with Crippen LogP contribution in [0.2, 0.25) is 0 Å². The minimum atomic E-state index is 0.0780. The number of rotatable bonds is 10. The van der Waals surface area contributed by atoms with E-state index >= 15 is 0 Å². The van der Waals surface area contributed by atoms with Gasteiger partial charge in [0.25, 0.3) is 5.56 Å². The summed E-state index contributed by atoms with van der Waals surface area (Å²) in [6.07, 6.45) is 4.08. The van der Waals surface area contributed by atoms with Crippen LogP contribution in [0.5, 0.6) is 0 Å². The Morgan fingerprint density at radius 3 is 2.31 bits per heavy atom. The van der Waals surface area contributed by atoms with Crippen molar-refractivity contribution in [2.45, 2.75) is 58.9 Å². The van der Waals surface area contributed by atoms with Crippen LogP contribution in [-0.2, 0) is 13.0 Å². The molecule has 0 aliphatic heterocycles. The maximum absolute atomic E-state index is 11.9. The van der Waals surface area contributed by atoms with Crippen molar-refractivity contribution in [3.63, 3.8) is 0 Å². The van der Waals surface area contributed by atoms with Gasteiger partial charge >= 0.3 is 0 Å². The molecule has 0 bridgehead atoms. The molecule has 0 radical (unpaired) electrons. The SMILES string of the molecule is CN=C(NCCCCn1c(C)cccc1=O)NCCCc1ccc(C(C)C)cc1. The molecule has 29 heavy (non-hydrogen) atoms. The molecule has 5 heteroatoms. The fourth-order valence-corrected chi connectivity index (χ4v) is 3.30. The van der Waals surface area contributed by atoms with Crippen LogP contribution < -0.4 is 16.2 Å². The highest BCUT2D eigenvalue weighted by Gasteiger charge is 2.02. The van der Waals surface area contributed by atoms with E-state index in [1.54, 1.807) is 13.1 Å². The summed E-state index contributed by atoms with van der Waals surface area (Å²) >= 11 is 0. The van der Waals surface area contributed by atoms with E-state index in [2.05, 4.69) is 53.7 Å². The van der Waals surface area contributed by atoms with Gasteiger partial charge in [0.15, 0.2) is 5.96 Å². The second-order valence-electron chi connectivity index (χ2n) is 7.79. The van der Waals surface area contributed by atoms with Gasteiger partial charge < -0.3 is 15.2 Å². The first-order chi connectivity index (χ1) is 14.0. The molecule has 2 aromatic rings. The van der Waals surface area contributed by atoms with E-state index in [1.807, 2.05) is 23.6 Å². The zero-order valence-electron chi connectivity index (χ0n) is 18.4. The molecule has 0 amide bonds. The maximum atomic E-state index is 11.9. The first-order valence-electron chi connectivity index (χ1n) is 10.7. The monoisotopic (exact) mass is 396 g/mol. The molecular formula is C24H36N4O. The molecule has 0 atom stereocenters. The summed E-state index contributed by atoms with van der Waals surface area (Å²) < 4.78 is 1.83. The lowest BCUT2D eigenvalue weighted by atomic mass is 10.0. The molecule has 5 nitrogen and oxygen atoms in total. The van der Waals surface area contributed by atoms with Gasteiger partial charge in [-0.2, -0.15) is 0 Å². The van der Waals surface area contributed by atoms with E-state index in [4.69, 9.17) is 0 Å². The van der Waals surface area contributed by atoms with Gasteiger partial charge in [0.2, 0.25) is 0 Å². The fourth-order valence-electron chi connectivity index (χ4n) is 3.30. The van der Waals surface area contributed by atoms with Crippen LogP contribution in [0.25, 0.3) is 0 Å². The van der Waals surface area contributed by atoms with Gasteiger partial charge in [-0.1, -0.05) is 44.2 Å². The molecule has 2 N–H and O–H groups in total. The lowest BCUT2D eigenvalue weighted by molar-refractivity contribution is 0.574. The molecule has 0 aliphatic carbocycles. The second-order valence-corrected chi connectivity index (χ2v) is 7.79. The number of nitrogens with zero attached hydrogens (tertiary/aromatic N) is 2. The third kappa shape index (κ3) is 7.76. The van der Waals surface area contributed by atoms with Gasteiger partial charge in [-0.25, -0.2) is 0 Å². The van der Waals surface area contributed by atoms with E-state index < -0.39 is 0 Å². The topological polar surface area (TPSA) is 58.4 Å². The Labute approximate surface area is 175 Å². The van der Waals surface area contributed by atoms with Gasteiger partial charge in [0.1, 0.15) is 0 Å². The largest absolute Gasteiger partial charge is 0.356 e. The maximum Gasteiger partial charge on any atom is 0.250 e.